The molecule has 1 spiro atoms. The molecular formula is C11H10Cl2N2O. The minimum absolute atomic E-state index is 0.0807. The molecule has 0 radical (unpaired) electrons. The first-order chi connectivity index (χ1) is 7.63. The van der Waals surface area contributed by atoms with E-state index < -0.39 is 5.41 Å². The molecule has 5 heteroatoms. The number of anilines is 1. The largest absolute Gasteiger partial charge is 0.383 e. The van der Waals surface area contributed by atoms with Crippen molar-refractivity contribution in [1.82, 2.24) is 5.32 Å². The van der Waals surface area contributed by atoms with Gasteiger partial charge in [0, 0.05) is 18.8 Å². The highest BCUT2D eigenvalue weighted by atomic mass is 35.5. The zero-order valence-corrected chi connectivity index (χ0v) is 9.95. The first kappa shape index (κ1) is 10.2. The van der Waals surface area contributed by atoms with Gasteiger partial charge in [0.15, 0.2) is 0 Å². The molecule has 1 aromatic carbocycles. The smallest absolute Gasteiger partial charge is 0.232 e. The summed E-state index contributed by atoms with van der Waals surface area (Å²) in [6, 6.07) is 3.60. The van der Waals surface area contributed by atoms with Crippen LogP contribution in [0.1, 0.15) is 12.0 Å². The lowest BCUT2D eigenvalue weighted by Crippen LogP contribution is -2.37. The number of hydrogen-bond acceptors (Lipinski definition) is 2. The van der Waals surface area contributed by atoms with Gasteiger partial charge >= 0.3 is 0 Å². The fourth-order valence-electron chi connectivity index (χ4n) is 2.53. The third-order valence-corrected chi connectivity index (χ3v) is 4.15. The van der Waals surface area contributed by atoms with E-state index in [1.807, 2.05) is 6.07 Å². The van der Waals surface area contributed by atoms with Crippen molar-refractivity contribution in [3.8, 4) is 0 Å². The normalized spacial score (nSPS) is 26.8. The summed E-state index contributed by atoms with van der Waals surface area (Å²) in [5.74, 6) is 0.0807. The average molecular weight is 257 g/mol. The van der Waals surface area contributed by atoms with Crippen molar-refractivity contribution >= 4 is 34.8 Å². The fourth-order valence-corrected chi connectivity index (χ4v) is 2.86. The lowest BCUT2D eigenvalue weighted by Gasteiger charge is -2.19. The number of halogens is 2. The lowest BCUT2D eigenvalue weighted by molar-refractivity contribution is -0.123. The van der Waals surface area contributed by atoms with E-state index in [0.717, 1.165) is 24.2 Å². The summed E-state index contributed by atoms with van der Waals surface area (Å²) in [5.41, 5.74) is 1.45. The van der Waals surface area contributed by atoms with Crippen LogP contribution < -0.4 is 10.6 Å². The van der Waals surface area contributed by atoms with E-state index in [2.05, 4.69) is 10.6 Å². The zero-order valence-electron chi connectivity index (χ0n) is 8.44. The number of rotatable bonds is 0. The summed E-state index contributed by atoms with van der Waals surface area (Å²) >= 11 is 12.0. The highest BCUT2D eigenvalue weighted by molar-refractivity contribution is 6.42. The van der Waals surface area contributed by atoms with Gasteiger partial charge in [-0.15, -0.1) is 0 Å². The summed E-state index contributed by atoms with van der Waals surface area (Å²) in [7, 11) is 0. The molecule has 16 heavy (non-hydrogen) atoms. The molecule has 0 bridgehead atoms. The highest BCUT2D eigenvalue weighted by Gasteiger charge is 2.48. The molecule has 1 aromatic rings. The van der Waals surface area contributed by atoms with E-state index in [4.69, 9.17) is 23.2 Å². The maximum atomic E-state index is 11.9. The van der Waals surface area contributed by atoms with Crippen molar-refractivity contribution in [1.29, 1.82) is 0 Å². The predicted octanol–water partition coefficient (Wildman–Crippen LogP) is 2.18. The molecule has 2 aliphatic rings. The quantitative estimate of drug-likeness (QED) is 0.747. The first-order valence-corrected chi connectivity index (χ1v) is 5.91. The van der Waals surface area contributed by atoms with Crippen LogP contribution in [0, 0.1) is 0 Å². The van der Waals surface area contributed by atoms with E-state index in [9.17, 15) is 4.79 Å². The van der Waals surface area contributed by atoms with Gasteiger partial charge in [-0.1, -0.05) is 23.2 Å². The molecule has 0 aromatic heterocycles. The van der Waals surface area contributed by atoms with Gasteiger partial charge in [-0.05, 0) is 24.1 Å². The van der Waals surface area contributed by atoms with Crippen LogP contribution in [-0.2, 0) is 10.2 Å². The summed E-state index contributed by atoms with van der Waals surface area (Å²) in [5, 5.41) is 7.12. The van der Waals surface area contributed by atoms with Gasteiger partial charge in [0.05, 0.1) is 15.5 Å². The minimum atomic E-state index is -0.441. The Bertz CT molecular complexity index is 489. The van der Waals surface area contributed by atoms with E-state index in [-0.39, 0.29) is 5.91 Å². The Morgan fingerprint density at radius 2 is 1.94 bits per heavy atom. The van der Waals surface area contributed by atoms with Crippen LogP contribution in [0.15, 0.2) is 12.1 Å². The Kier molecular flexibility index (Phi) is 2.10. The first-order valence-electron chi connectivity index (χ1n) is 5.15. The van der Waals surface area contributed by atoms with Gasteiger partial charge in [0.1, 0.15) is 0 Å². The number of carbonyl (C=O) groups is 1. The number of hydrogen-bond donors (Lipinski definition) is 2. The van der Waals surface area contributed by atoms with Gasteiger partial charge in [-0.25, -0.2) is 0 Å². The molecule has 3 rings (SSSR count). The molecule has 84 valence electrons. The molecule has 0 aliphatic carbocycles. The molecule has 1 amide bonds. The van der Waals surface area contributed by atoms with Gasteiger partial charge in [0.2, 0.25) is 5.91 Å². The molecule has 1 atom stereocenters. The number of nitrogens with one attached hydrogen (secondary N) is 2. The van der Waals surface area contributed by atoms with Gasteiger partial charge in [0.25, 0.3) is 0 Å². The Labute approximate surface area is 103 Å². The standard InChI is InChI=1S/C11H10Cl2N2O/c12-7-3-6-9(4-8(7)13)15-5-11(6)1-2-14-10(11)16/h3-4,15H,1-2,5H2,(H,14,16)/t11-/m1/s1. The van der Waals surface area contributed by atoms with Crippen molar-refractivity contribution in [2.75, 3.05) is 18.4 Å². The number of benzene rings is 1. The van der Waals surface area contributed by atoms with Crippen LogP contribution in [0.3, 0.4) is 0 Å². The van der Waals surface area contributed by atoms with Crippen molar-refractivity contribution in [3.05, 3.63) is 27.7 Å². The van der Waals surface area contributed by atoms with Crippen LogP contribution in [0.4, 0.5) is 5.69 Å². The fraction of sp³-hybridized carbons (Fsp3) is 0.364. The van der Waals surface area contributed by atoms with Crippen LogP contribution >= 0.6 is 23.2 Å². The zero-order chi connectivity index (χ0) is 11.3. The summed E-state index contributed by atoms with van der Waals surface area (Å²) < 4.78 is 0. The third kappa shape index (κ3) is 1.19. The molecule has 0 unspecified atom stereocenters. The lowest BCUT2D eigenvalue weighted by atomic mass is 9.81. The van der Waals surface area contributed by atoms with E-state index >= 15 is 0 Å². The van der Waals surface area contributed by atoms with Crippen molar-refractivity contribution < 1.29 is 4.79 Å². The average Bonchev–Trinajstić information content (AvgIpc) is 2.77. The second-order valence-electron chi connectivity index (χ2n) is 4.25. The highest BCUT2D eigenvalue weighted by Crippen LogP contribution is 2.44. The molecule has 1 saturated heterocycles. The number of amides is 1. The number of fused-ring (bicyclic) bond motifs is 2. The number of carbonyl (C=O) groups excluding carboxylic acids is 1. The summed E-state index contributed by atoms with van der Waals surface area (Å²) in [6.45, 7) is 1.35. The van der Waals surface area contributed by atoms with E-state index in [0.29, 0.717) is 16.6 Å². The van der Waals surface area contributed by atoms with Crippen molar-refractivity contribution in [3.63, 3.8) is 0 Å². The second-order valence-corrected chi connectivity index (χ2v) is 5.07. The maximum absolute atomic E-state index is 11.9. The Morgan fingerprint density at radius 3 is 2.62 bits per heavy atom. The van der Waals surface area contributed by atoms with Crippen LogP contribution in [0.25, 0.3) is 0 Å². The monoisotopic (exact) mass is 256 g/mol. The molecule has 0 saturated carbocycles. The minimum Gasteiger partial charge on any atom is -0.383 e. The summed E-state index contributed by atoms with van der Waals surface area (Å²) in [4.78, 5) is 11.9. The SMILES string of the molecule is O=C1NCC[C@]12CNc1cc(Cl)c(Cl)cc12. The maximum Gasteiger partial charge on any atom is 0.232 e. The molecule has 2 N–H and O–H groups in total. The van der Waals surface area contributed by atoms with Gasteiger partial charge < -0.3 is 10.6 Å². The molecule has 2 aliphatic heterocycles. The molecule has 3 nitrogen and oxygen atoms in total. The molecular weight excluding hydrogens is 247 g/mol. The Hall–Kier alpha value is -0.930. The predicted molar refractivity (Wildman–Crippen MR) is 64.3 cm³/mol. The van der Waals surface area contributed by atoms with Crippen LogP contribution in [0.2, 0.25) is 10.0 Å². The molecule has 2 heterocycles. The topological polar surface area (TPSA) is 41.1 Å². The van der Waals surface area contributed by atoms with E-state index in [1.165, 1.54) is 0 Å². The van der Waals surface area contributed by atoms with Gasteiger partial charge in [-0.3, -0.25) is 4.79 Å². The van der Waals surface area contributed by atoms with Crippen LogP contribution in [0.5, 0.6) is 0 Å². The van der Waals surface area contributed by atoms with Crippen molar-refractivity contribution in [2.45, 2.75) is 11.8 Å². The van der Waals surface area contributed by atoms with E-state index in [1.54, 1.807) is 6.07 Å². The summed E-state index contributed by atoms with van der Waals surface area (Å²) in [6.07, 6.45) is 0.809. The Balaban J connectivity index is 2.18. The van der Waals surface area contributed by atoms with Crippen molar-refractivity contribution in [2.24, 2.45) is 0 Å². The second kappa shape index (κ2) is 3.28. The van der Waals surface area contributed by atoms with Gasteiger partial charge in [-0.2, -0.15) is 0 Å². The third-order valence-electron chi connectivity index (χ3n) is 3.43. The van der Waals surface area contributed by atoms with Crippen LogP contribution in [-0.4, -0.2) is 19.0 Å². The Morgan fingerprint density at radius 1 is 1.19 bits per heavy atom. The molecule has 1 fully saturated rings.